The standard InChI is InChI=1S/C2H7NO.2H2O/c1-3(2)4;;/h3H,1-2H3;2*1H2. The Balaban J connectivity index is -0.0000000450. The van der Waals surface area contributed by atoms with Gasteiger partial charge in [0.1, 0.15) is 0 Å². The van der Waals surface area contributed by atoms with Gasteiger partial charge >= 0.3 is 0 Å². The summed E-state index contributed by atoms with van der Waals surface area (Å²) in [6.45, 7) is 0. The van der Waals surface area contributed by atoms with Crippen LogP contribution < -0.4 is 5.06 Å². The molecular formula is C2H11NO3. The van der Waals surface area contributed by atoms with Crippen molar-refractivity contribution in [1.29, 1.82) is 0 Å². The maximum atomic E-state index is 9.44. The second-order valence-corrected chi connectivity index (χ2v) is 0.908. The number of rotatable bonds is 0. The lowest BCUT2D eigenvalue weighted by molar-refractivity contribution is -0.802. The summed E-state index contributed by atoms with van der Waals surface area (Å²) >= 11 is 0. The second-order valence-electron chi connectivity index (χ2n) is 0.908. The van der Waals surface area contributed by atoms with Crippen molar-refractivity contribution in [2.45, 2.75) is 0 Å². The van der Waals surface area contributed by atoms with Gasteiger partial charge in [0.25, 0.3) is 0 Å². The minimum atomic E-state index is 0. The van der Waals surface area contributed by atoms with E-state index >= 15 is 0 Å². The predicted molar refractivity (Wildman–Crippen MR) is 23.4 cm³/mol. The molecule has 5 N–H and O–H groups in total. The smallest absolute Gasteiger partial charge is 0.0660 e. The van der Waals surface area contributed by atoms with Crippen LogP contribution in [0.4, 0.5) is 0 Å². The first-order valence-corrected chi connectivity index (χ1v) is 1.20. The lowest BCUT2D eigenvalue weighted by atomic mass is 11.2. The van der Waals surface area contributed by atoms with Crippen molar-refractivity contribution in [1.82, 2.24) is 0 Å². The molecule has 0 rings (SSSR count). The van der Waals surface area contributed by atoms with E-state index in [4.69, 9.17) is 0 Å². The summed E-state index contributed by atoms with van der Waals surface area (Å²) in [7, 11) is 3.06. The zero-order valence-electron chi connectivity index (χ0n) is 3.91. The summed E-state index contributed by atoms with van der Waals surface area (Å²) in [4.78, 5) is 0. The molecule has 0 radical (unpaired) electrons. The van der Waals surface area contributed by atoms with Gasteiger partial charge in [0.05, 0.1) is 14.1 Å². The molecule has 0 fully saturated rings. The molecule has 4 heteroatoms. The molecular weight excluding hydrogens is 86.0 g/mol. The number of quaternary nitrogens is 1. The maximum Gasteiger partial charge on any atom is 0.0660 e. The topological polar surface area (TPSA) is 90.5 Å². The molecule has 42 valence electrons. The van der Waals surface area contributed by atoms with Crippen LogP contribution in [-0.4, -0.2) is 25.0 Å². The van der Waals surface area contributed by atoms with Gasteiger partial charge in [-0.25, -0.2) is 0 Å². The third kappa shape index (κ3) is 1210. The largest absolute Gasteiger partial charge is 0.635 e. The Morgan fingerprint density at radius 1 is 1.17 bits per heavy atom. The molecule has 0 heterocycles. The van der Waals surface area contributed by atoms with Gasteiger partial charge in [0.2, 0.25) is 0 Å². The minimum absolute atomic E-state index is 0. The SMILES string of the molecule is C[NH+](C)[O-].O.O. The fraction of sp³-hybridized carbons (Fsp3) is 1.00. The van der Waals surface area contributed by atoms with Crippen LogP contribution in [0.25, 0.3) is 0 Å². The van der Waals surface area contributed by atoms with Crippen LogP contribution in [0.2, 0.25) is 0 Å². The summed E-state index contributed by atoms with van der Waals surface area (Å²) in [5.74, 6) is 0. The Labute approximate surface area is 36.6 Å². The molecule has 0 atom stereocenters. The van der Waals surface area contributed by atoms with E-state index < -0.39 is 0 Å². The van der Waals surface area contributed by atoms with Crippen LogP contribution in [0.5, 0.6) is 0 Å². The molecule has 0 bridgehead atoms. The van der Waals surface area contributed by atoms with Crippen LogP contribution >= 0.6 is 0 Å². The van der Waals surface area contributed by atoms with Gasteiger partial charge in [-0.2, -0.15) is 0 Å². The number of hydroxylamine groups is 2. The highest BCUT2D eigenvalue weighted by Crippen LogP contribution is 0.931. The average molecular weight is 97.1 g/mol. The zero-order chi connectivity index (χ0) is 3.58. The monoisotopic (exact) mass is 97.1 g/mol. The number of hydrogen-bond donors (Lipinski definition) is 1. The van der Waals surface area contributed by atoms with Crippen LogP contribution in [0.15, 0.2) is 0 Å². The normalized spacial score (nSPS) is 6.00. The highest BCUT2D eigenvalue weighted by Gasteiger charge is 1.49. The first kappa shape index (κ1) is 17.0. The summed E-state index contributed by atoms with van der Waals surface area (Å²) in [5.41, 5.74) is 0. The molecule has 0 amide bonds. The minimum Gasteiger partial charge on any atom is -0.635 e. The summed E-state index contributed by atoms with van der Waals surface area (Å²) < 4.78 is 0. The fourth-order valence-corrected chi connectivity index (χ4v) is 0. The van der Waals surface area contributed by atoms with E-state index in [-0.39, 0.29) is 16.0 Å². The van der Waals surface area contributed by atoms with E-state index in [2.05, 4.69) is 0 Å². The van der Waals surface area contributed by atoms with Crippen molar-refractivity contribution in [2.24, 2.45) is 0 Å². The third-order valence-electron chi connectivity index (χ3n) is 0. The predicted octanol–water partition coefficient (Wildman–Crippen LogP) is -3.02. The number of nitrogens with one attached hydrogen (secondary N) is 1. The molecule has 6 heavy (non-hydrogen) atoms. The van der Waals surface area contributed by atoms with Gasteiger partial charge in [0, 0.05) is 0 Å². The quantitative estimate of drug-likeness (QED) is 0.320. The van der Waals surface area contributed by atoms with Crippen molar-refractivity contribution in [3.05, 3.63) is 5.21 Å². The van der Waals surface area contributed by atoms with Crippen molar-refractivity contribution >= 4 is 0 Å². The van der Waals surface area contributed by atoms with E-state index in [1.807, 2.05) is 0 Å². The average Bonchev–Trinajstić information content (AvgIpc) is 0.811. The Hall–Kier alpha value is -0.160. The van der Waals surface area contributed by atoms with E-state index in [0.717, 1.165) is 0 Å². The van der Waals surface area contributed by atoms with Crippen LogP contribution in [0.3, 0.4) is 0 Å². The van der Waals surface area contributed by atoms with Crippen molar-refractivity contribution in [3.8, 4) is 0 Å². The molecule has 0 spiro atoms. The van der Waals surface area contributed by atoms with E-state index in [9.17, 15) is 5.21 Å². The van der Waals surface area contributed by atoms with Gasteiger partial charge in [-0.15, -0.1) is 0 Å². The van der Waals surface area contributed by atoms with Crippen molar-refractivity contribution in [3.63, 3.8) is 0 Å². The Bertz CT molecular complexity index is 13.5. The van der Waals surface area contributed by atoms with Crippen LogP contribution in [-0.2, 0) is 0 Å². The lowest BCUT2D eigenvalue weighted by Crippen LogP contribution is -3.00. The molecule has 0 aliphatic heterocycles. The Kier molecular flexibility index (Phi) is 25.0. The highest BCUT2D eigenvalue weighted by atomic mass is 16.5. The zero-order valence-corrected chi connectivity index (χ0v) is 3.91. The fourth-order valence-electron chi connectivity index (χ4n) is 0. The molecule has 4 nitrogen and oxygen atoms in total. The molecule has 0 saturated heterocycles. The second kappa shape index (κ2) is 8.85. The van der Waals surface area contributed by atoms with Gasteiger partial charge in [-0.1, -0.05) is 0 Å². The lowest BCUT2D eigenvalue weighted by Gasteiger charge is -2.04. The van der Waals surface area contributed by atoms with Gasteiger partial charge in [0.15, 0.2) is 0 Å². The Morgan fingerprint density at radius 3 is 1.17 bits per heavy atom. The first-order chi connectivity index (χ1) is 1.73. The van der Waals surface area contributed by atoms with E-state index in [1.54, 1.807) is 0 Å². The maximum absolute atomic E-state index is 9.44. The summed E-state index contributed by atoms with van der Waals surface area (Å²) in [5, 5.41) is 9.61. The van der Waals surface area contributed by atoms with Crippen LogP contribution in [0, 0.1) is 5.21 Å². The van der Waals surface area contributed by atoms with Gasteiger partial charge in [-0.3, -0.25) is 0 Å². The molecule has 0 aromatic carbocycles. The molecule has 0 saturated carbocycles. The molecule has 0 unspecified atom stereocenters. The third-order valence-corrected chi connectivity index (χ3v) is 0. The highest BCUT2D eigenvalue weighted by molar-refractivity contribution is 3.86. The molecule has 0 aromatic heterocycles. The molecule has 0 aliphatic rings. The van der Waals surface area contributed by atoms with Gasteiger partial charge in [-0.05, 0) is 0 Å². The molecule has 0 aromatic rings. The van der Waals surface area contributed by atoms with Crippen molar-refractivity contribution < 1.29 is 16.0 Å². The van der Waals surface area contributed by atoms with E-state index in [0.29, 0.717) is 0 Å². The van der Waals surface area contributed by atoms with E-state index in [1.165, 1.54) is 14.1 Å². The summed E-state index contributed by atoms with van der Waals surface area (Å²) in [6, 6.07) is 0. The number of hydrogen-bond acceptors (Lipinski definition) is 1. The summed E-state index contributed by atoms with van der Waals surface area (Å²) in [6.07, 6.45) is 0. The van der Waals surface area contributed by atoms with Crippen molar-refractivity contribution in [2.75, 3.05) is 14.1 Å². The first-order valence-electron chi connectivity index (χ1n) is 1.20. The molecule has 0 aliphatic carbocycles. The van der Waals surface area contributed by atoms with Gasteiger partial charge < -0.3 is 21.2 Å². The van der Waals surface area contributed by atoms with Crippen LogP contribution in [0.1, 0.15) is 0 Å². The Morgan fingerprint density at radius 2 is 1.17 bits per heavy atom.